The van der Waals surface area contributed by atoms with Gasteiger partial charge in [-0.3, -0.25) is 0 Å². The SMILES string of the molecule is CCCn1cccc1CN[C@H](C)C1CCCC1. The van der Waals surface area contributed by atoms with E-state index in [0.29, 0.717) is 6.04 Å². The molecule has 1 heterocycles. The van der Waals surface area contributed by atoms with Gasteiger partial charge in [0, 0.05) is 31.0 Å². The fraction of sp³-hybridized carbons (Fsp3) is 0.733. The molecule has 2 rings (SSSR count). The molecule has 0 saturated heterocycles. The maximum atomic E-state index is 3.70. The highest BCUT2D eigenvalue weighted by Crippen LogP contribution is 2.27. The van der Waals surface area contributed by atoms with E-state index in [1.807, 2.05) is 0 Å². The molecule has 0 amide bonds. The average Bonchev–Trinajstić information content (AvgIpc) is 2.97. The fourth-order valence-electron chi connectivity index (χ4n) is 2.96. The van der Waals surface area contributed by atoms with Crippen LogP contribution in [0.3, 0.4) is 0 Å². The van der Waals surface area contributed by atoms with Crippen LogP contribution in [-0.4, -0.2) is 10.6 Å². The van der Waals surface area contributed by atoms with E-state index in [1.54, 1.807) is 0 Å². The summed E-state index contributed by atoms with van der Waals surface area (Å²) < 4.78 is 2.37. The summed E-state index contributed by atoms with van der Waals surface area (Å²) in [5.41, 5.74) is 1.43. The first kappa shape index (κ1) is 12.7. The first-order valence-electron chi connectivity index (χ1n) is 7.18. The van der Waals surface area contributed by atoms with Crippen molar-refractivity contribution in [3.63, 3.8) is 0 Å². The number of aryl methyl sites for hydroxylation is 1. The number of nitrogens with zero attached hydrogens (tertiary/aromatic N) is 1. The van der Waals surface area contributed by atoms with Crippen molar-refractivity contribution >= 4 is 0 Å². The minimum atomic E-state index is 0.669. The van der Waals surface area contributed by atoms with Gasteiger partial charge >= 0.3 is 0 Å². The molecular weight excluding hydrogens is 208 g/mol. The molecule has 0 bridgehead atoms. The summed E-state index contributed by atoms with van der Waals surface area (Å²) in [7, 11) is 0. The van der Waals surface area contributed by atoms with E-state index in [9.17, 15) is 0 Å². The highest BCUT2D eigenvalue weighted by atomic mass is 15.0. The third-order valence-electron chi connectivity index (χ3n) is 4.10. The molecule has 1 aliphatic rings. The molecule has 1 saturated carbocycles. The zero-order chi connectivity index (χ0) is 12.1. The minimum absolute atomic E-state index is 0.669. The van der Waals surface area contributed by atoms with Crippen LogP contribution in [-0.2, 0) is 13.1 Å². The summed E-state index contributed by atoms with van der Waals surface area (Å²) >= 11 is 0. The zero-order valence-electron chi connectivity index (χ0n) is 11.3. The molecule has 0 unspecified atom stereocenters. The first-order valence-corrected chi connectivity index (χ1v) is 7.18. The van der Waals surface area contributed by atoms with Crippen LogP contribution >= 0.6 is 0 Å². The Kier molecular flexibility index (Phi) is 4.66. The van der Waals surface area contributed by atoms with Gasteiger partial charge in [-0.1, -0.05) is 19.8 Å². The van der Waals surface area contributed by atoms with Gasteiger partial charge in [-0.05, 0) is 44.2 Å². The van der Waals surface area contributed by atoms with E-state index in [2.05, 4.69) is 42.1 Å². The van der Waals surface area contributed by atoms with Crippen molar-refractivity contribution in [2.45, 2.75) is 65.1 Å². The van der Waals surface area contributed by atoms with Crippen molar-refractivity contribution in [2.75, 3.05) is 0 Å². The van der Waals surface area contributed by atoms with Gasteiger partial charge in [0.15, 0.2) is 0 Å². The first-order chi connectivity index (χ1) is 8.31. The molecule has 17 heavy (non-hydrogen) atoms. The lowest BCUT2D eigenvalue weighted by Gasteiger charge is -2.21. The van der Waals surface area contributed by atoms with E-state index in [0.717, 1.165) is 19.0 Å². The molecule has 1 aromatic heterocycles. The van der Waals surface area contributed by atoms with Gasteiger partial charge < -0.3 is 9.88 Å². The van der Waals surface area contributed by atoms with Crippen molar-refractivity contribution in [2.24, 2.45) is 5.92 Å². The summed E-state index contributed by atoms with van der Waals surface area (Å²) in [6, 6.07) is 5.07. The summed E-state index contributed by atoms with van der Waals surface area (Å²) in [6.45, 7) is 6.74. The molecular formula is C15H26N2. The largest absolute Gasteiger partial charge is 0.350 e. The van der Waals surface area contributed by atoms with E-state index >= 15 is 0 Å². The molecule has 0 radical (unpaired) electrons. The monoisotopic (exact) mass is 234 g/mol. The maximum Gasteiger partial charge on any atom is 0.0361 e. The van der Waals surface area contributed by atoms with Crippen molar-refractivity contribution in [1.82, 2.24) is 9.88 Å². The van der Waals surface area contributed by atoms with Crippen LogP contribution in [0.15, 0.2) is 18.3 Å². The van der Waals surface area contributed by atoms with Crippen LogP contribution in [0.2, 0.25) is 0 Å². The Hall–Kier alpha value is -0.760. The molecule has 1 fully saturated rings. The third kappa shape index (κ3) is 3.35. The smallest absolute Gasteiger partial charge is 0.0361 e. The van der Waals surface area contributed by atoms with E-state index in [4.69, 9.17) is 0 Å². The van der Waals surface area contributed by atoms with Gasteiger partial charge in [-0.2, -0.15) is 0 Å². The normalized spacial score (nSPS) is 18.7. The second-order valence-corrected chi connectivity index (χ2v) is 5.41. The van der Waals surface area contributed by atoms with E-state index < -0.39 is 0 Å². The number of hydrogen-bond acceptors (Lipinski definition) is 1. The predicted octanol–water partition coefficient (Wildman–Crippen LogP) is 3.57. The summed E-state index contributed by atoms with van der Waals surface area (Å²) in [6.07, 6.45) is 9.11. The van der Waals surface area contributed by atoms with Crippen LogP contribution in [0.5, 0.6) is 0 Å². The maximum absolute atomic E-state index is 3.70. The lowest BCUT2D eigenvalue weighted by Crippen LogP contribution is -2.32. The van der Waals surface area contributed by atoms with Gasteiger partial charge in [0.2, 0.25) is 0 Å². The lowest BCUT2D eigenvalue weighted by molar-refractivity contribution is 0.376. The Morgan fingerprint density at radius 2 is 2.18 bits per heavy atom. The Morgan fingerprint density at radius 3 is 2.88 bits per heavy atom. The van der Waals surface area contributed by atoms with Crippen molar-refractivity contribution in [3.05, 3.63) is 24.0 Å². The van der Waals surface area contributed by atoms with Crippen LogP contribution < -0.4 is 5.32 Å². The summed E-state index contributed by atoms with van der Waals surface area (Å²) in [5.74, 6) is 0.907. The summed E-state index contributed by atoms with van der Waals surface area (Å²) in [5, 5.41) is 3.70. The van der Waals surface area contributed by atoms with Crippen LogP contribution in [0.25, 0.3) is 0 Å². The van der Waals surface area contributed by atoms with Gasteiger partial charge in [-0.15, -0.1) is 0 Å². The Balaban J connectivity index is 1.81. The molecule has 1 aliphatic carbocycles. The van der Waals surface area contributed by atoms with Crippen LogP contribution in [0.1, 0.15) is 51.6 Å². The zero-order valence-corrected chi connectivity index (χ0v) is 11.3. The topological polar surface area (TPSA) is 17.0 Å². The van der Waals surface area contributed by atoms with E-state index in [1.165, 1.54) is 37.8 Å². The Bertz CT molecular complexity index is 323. The van der Waals surface area contributed by atoms with Gasteiger partial charge in [0.1, 0.15) is 0 Å². The van der Waals surface area contributed by atoms with Crippen LogP contribution in [0, 0.1) is 5.92 Å². The third-order valence-corrected chi connectivity index (χ3v) is 4.10. The molecule has 2 nitrogen and oxygen atoms in total. The predicted molar refractivity (Wildman–Crippen MR) is 73.0 cm³/mol. The standard InChI is InChI=1S/C15H26N2/c1-3-10-17-11-6-9-15(17)12-16-13(2)14-7-4-5-8-14/h6,9,11,13-14,16H,3-5,7-8,10,12H2,1-2H3/t13-/m1/s1. The number of aromatic nitrogens is 1. The van der Waals surface area contributed by atoms with Crippen LogP contribution in [0.4, 0.5) is 0 Å². The van der Waals surface area contributed by atoms with Gasteiger partial charge in [-0.25, -0.2) is 0 Å². The van der Waals surface area contributed by atoms with Crippen molar-refractivity contribution in [3.8, 4) is 0 Å². The van der Waals surface area contributed by atoms with E-state index in [-0.39, 0.29) is 0 Å². The molecule has 1 N–H and O–H groups in total. The highest BCUT2D eigenvalue weighted by molar-refractivity contribution is 5.07. The number of nitrogens with one attached hydrogen (secondary N) is 1. The summed E-state index contributed by atoms with van der Waals surface area (Å²) in [4.78, 5) is 0. The van der Waals surface area contributed by atoms with Crippen molar-refractivity contribution < 1.29 is 0 Å². The molecule has 0 spiro atoms. The second kappa shape index (κ2) is 6.25. The van der Waals surface area contributed by atoms with Gasteiger partial charge in [0.25, 0.3) is 0 Å². The second-order valence-electron chi connectivity index (χ2n) is 5.41. The number of hydrogen-bond donors (Lipinski definition) is 1. The molecule has 0 aliphatic heterocycles. The molecule has 0 aromatic carbocycles. The highest BCUT2D eigenvalue weighted by Gasteiger charge is 2.20. The lowest BCUT2D eigenvalue weighted by atomic mass is 10.00. The molecule has 1 aromatic rings. The Labute approximate surface area is 105 Å². The Morgan fingerprint density at radius 1 is 1.41 bits per heavy atom. The van der Waals surface area contributed by atoms with Gasteiger partial charge in [0.05, 0.1) is 0 Å². The minimum Gasteiger partial charge on any atom is -0.350 e. The van der Waals surface area contributed by atoms with Crippen molar-refractivity contribution in [1.29, 1.82) is 0 Å². The average molecular weight is 234 g/mol. The quantitative estimate of drug-likeness (QED) is 0.796. The fourth-order valence-corrected chi connectivity index (χ4v) is 2.96. The molecule has 1 atom stereocenters. The molecule has 96 valence electrons. The number of rotatable bonds is 6. The molecule has 2 heteroatoms.